The SMILES string of the molecule is Fc1cc(F)cc(CN2CCCNC3(CCCCC3)C2)c1. The van der Waals surface area contributed by atoms with Crippen LogP contribution in [-0.2, 0) is 6.54 Å². The molecule has 1 N–H and O–H groups in total. The van der Waals surface area contributed by atoms with Gasteiger partial charge in [-0.1, -0.05) is 19.3 Å². The molecule has 0 radical (unpaired) electrons. The molecule has 1 aliphatic heterocycles. The maximum atomic E-state index is 13.3. The minimum atomic E-state index is -0.481. The summed E-state index contributed by atoms with van der Waals surface area (Å²) in [6.07, 6.45) is 7.45. The van der Waals surface area contributed by atoms with Crippen LogP contribution < -0.4 is 5.32 Å². The van der Waals surface area contributed by atoms with Crippen molar-refractivity contribution >= 4 is 0 Å². The van der Waals surface area contributed by atoms with Crippen LogP contribution in [0.2, 0.25) is 0 Å². The first kappa shape index (κ1) is 14.9. The number of nitrogens with zero attached hydrogens (tertiary/aromatic N) is 1. The van der Waals surface area contributed by atoms with Gasteiger partial charge in [0, 0.05) is 24.7 Å². The first-order chi connectivity index (χ1) is 10.2. The molecule has 116 valence electrons. The van der Waals surface area contributed by atoms with Crippen molar-refractivity contribution in [1.82, 2.24) is 10.2 Å². The summed E-state index contributed by atoms with van der Waals surface area (Å²) in [5.41, 5.74) is 0.959. The normalized spacial score (nSPS) is 23.1. The van der Waals surface area contributed by atoms with E-state index in [9.17, 15) is 8.78 Å². The van der Waals surface area contributed by atoms with Gasteiger partial charge in [0.1, 0.15) is 11.6 Å². The van der Waals surface area contributed by atoms with Crippen LogP contribution in [0.1, 0.15) is 44.1 Å². The molecule has 1 spiro atoms. The predicted molar refractivity (Wildman–Crippen MR) is 80.1 cm³/mol. The fourth-order valence-electron chi connectivity index (χ4n) is 3.88. The second-order valence-corrected chi connectivity index (χ2v) is 6.61. The third-order valence-corrected chi connectivity index (χ3v) is 4.82. The van der Waals surface area contributed by atoms with E-state index in [-0.39, 0.29) is 5.54 Å². The third-order valence-electron chi connectivity index (χ3n) is 4.82. The first-order valence-corrected chi connectivity index (χ1v) is 8.08. The molecule has 0 bridgehead atoms. The molecule has 1 saturated heterocycles. The van der Waals surface area contributed by atoms with Crippen molar-refractivity contribution in [2.24, 2.45) is 0 Å². The fourth-order valence-corrected chi connectivity index (χ4v) is 3.88. The molecule has 0 amide bonds. The van der Waals surface area contributed by atoms with Crippen LogP contribution in [0.4, 0.5) is 8.78 Å². The topological polar surface area (TPSA) is 15.3 Å². The maximum absolute atomic E-state index is 13.3. The van der Waals surface area contributed by atoms with Gasteiger partial charge in [-0.15, -0.1) is 0 Å². The zero-order valence-electron chi connectivity index (χ0n) is 12.5. The molecule has 0 unspecified atom stereocenters. The molecule has 1 aromatic carbocycles. The van der Waals surface area contributed by atoms with Crippen molar-refractivity contribution in [3.63, 3.8) is 0 Å². The van der Waals surface area contributed by atoms with Crippen LogP contribution in [0.3, 0.4) is 0 Å². The smallest absolute Gasteiger partial charge is 0.126 e. The lowest BCUT2D eigenvalue weighted by atomic mass is 9.81. The van der Waals surface area contributed by atoms with Crippen LogP contribution in [0.25, 0.3) is 0 Å². The zero-order chi connectivity index (χ0) is 14.7. The van der Waals surface area contributed by atoms with Crippen molar-refractivity contribution < 1.29 is 8.78 Å². The van der Waals surface area contributed by atoms with E-state index >= 15 is 0 Å². The minimum absolute atomic E-state index is 0.223. The lowest BCUT2D eigenvalue weighted by Crippen LogP contribution is -2.52. The van der Waals surface area contributed by atoms with E-state index in [0.717, 1.165) is 37.7 Å². The summed E-state index contributed by atoms with van der Waals surface area (Å²) >= 11 is 0. The Morgan fingerprint density at radius 2 is 1.71 bits per heavy atom. The lowest BCUT2D eigenvalue weighted by Gasteiger charge is -2.40. The van der Waals surface area contributed by atoms with Gasteiger partial charge in [0.15, 0.2) is 0 Å². The third kappa shape index (κ3) is 3.80. The number of nitrogens with one attached hydrogen (secondary N) is 1. The Balaban J connectivity index is 1.71. The summed E-state index contributed by atoms with van der Waals surface area (Å²) in [5, 5.41) is 3.75. The van der Waals surface area contributed by atoms with Gasteiger partial charge < -0.3 is 5.32 Å². The molecule has 0 atom stereocenters. The average Bonchev–Trinajstić information content (AvgIpc) is 2.61. The number of rotatable bonds is 2. The van der Waals surface area contributed by atoms with Crippen LogP contribution >= 0.6 is 0 Å². The average molecular weight is 294 g/mol. The van der Waals surface area contributed by atoms with Gasteiger partial charge in [0.25, 0.3) is 0 Å². The highest BCUT2D eigenvalue weighted by atomic mass is 19.1. The second-order valence-electron chi connectivity index (χ2n) is 6.61. The Morgan fingerprint density at radius 1 is 1.00 bits per heavy atom. The molecular weight excluding hydrogens is 270 g/mol. The van der Waals surface area contributed by atoms with Crippen LogP contribution in [0, 0.1) is 11.6 Å². The van der Waals surface area contributed by atoms with Crippen LogP contribution in [0.15, 0.2) is 18.2 Å². The van der Waals surface area contributed by atoms with Crippen molar-refractivity contribution in [3.8, 4) is 0 Å². The molecule has 2 fully saturated rings. The highest BCUT2D eigenvalue weighted by molar-refractivity contribution is 5.18. The molecule has 0 aromatic heterocycles. The molecule has 4 heteroatoms. The van der Waals surface area contributed by atoms with Crippen molar-refractivity contribution in [2.75, 3.05) is 19.6 Å². The van der Waals surface area contributed by atoms with Crippen LogP contribution in [0.5, 0.6) is 0 Å². The summed E-state index contributed by atoms with van der Waals surface area (Å²) in [6.45, 7) is 3.67. The van der Waals surface area contributed by atoms with Crippen molar-refractivity contribution in [2.45, 2.75) is 50.6 Å². The van der Waals surface area contributed by atoms with E-state index in [1.54, 1.807) is 0 Å². The summed E-state index contributed by atoms with van der Waals surface area (Å²) in [6, 6.07) is 3.85. The Hall–Kier alpha value is -1.00. The van der Waals surface area contributed by atoms with E-state index in [1.807, 2.05) is 0 Å². The largest absolute Gasteiger partial charge is 0.310 e. The zero-order valence-corrected chi connectivity index (χ0v) is 12.5. The maximum Gasteiger partial charge on any atom is 0.126 e. The van der Waals surface area contributed by atoms with E-state index in [1.165, 1.54) is 44.2 Å². The molecule has 21 heavy (non-hydrogen) atoms. The number of benzene rings is 1. The molecule has 1 heterocycles. The Morgan fingerprint density at radius 3 is 2.43 bits per heavy atom. The molecule has 2 nitrogen and oxygen atoms in total. The molecule has 1 aliphatic carbocycles. The Labute approximate surface area is 125 Å². The molecular formula is C17H24F2N2. The number of hydrogen-bond acceptors (Lipinski definition) is 2. The van der Waals surface area contributed by atoms with E-state index in [0.29, 0.717) is 6.54 Å². The minimum Gasteiger partial charge on any atom is -0.310 e. The summed E-state index contributed by atoms with van der Waals surface area (Å²) in [5.74, 6) is -0.962. The predicted octanol–water partition coefficient (Wildman–Crippen LogP) is 3.46. The monoisotopic (exact) mass is 294 g/mol. The van der Waals surface area contributed by atoms with E-state index < -0.39 is 11.6 Å². The second kappa shape index (κ2) is 6.41. The lowest BCUT2D eigenvalue weighted by molar-refractivity contribution is 0.159. The molecule has 1 aromatic rings. The van der Waals surface area contributed by atoms with Gasteiger partial charge >= 0.3 is 0 Å². The summed E-state index contributed by atoms with van der Waals surface area (Å²) in [4.78, 5) is 2.36. The fraction of sp³-hybridized carbons (Fsp3) is 0.647. The van der Waals surface area contributed by atoms with Gasteiger partial charge in [-0.25, -0.2) is 8.78 Å². The number of hydrogen-bond donors (Lipinski definition) is 1. The van der Waals surface area contributed by atoms with Gasteiger partial charge in [-0.2, -0.15) is 0 Å². The Kier molecular flexibility index (Phi) is 4.55. The van der Waals surface area contributed by atoms with E-state index in [2.05, 4.69) is 10.2 Å². The first-order valence-electron chi connectivity index (χ1n) is 8.08. The van der Waals surface area contributed by atoms with Gasteiger partial charge in [-0.3, -0.25) is 4.90 Å². The van der Waals surface area contributed by atoms with E-state index in [4.69, 9.17) is 0 Å². The Bertz CT molecular complexity index is 463. The molecule has 1 saturated carbocycles. The summed E-state index contributed by atoms with van der Waals surface area (Å²) in [7, 11) is 0. The molecule has 3 rings (SSSR count). The van der Waals surface area contributed by atoms with Gasteiger partial charge in [0.05, 0.1) is 0 Å². The highest BCUT2D eigenvalue weighted by Gasteiger charge is 2.34. The standard InChI is InChI=1S/C17H24F2N2/c18-15-9-14(10-16(19)11-15)12-21-8-4-7-20-17(13-21)5-2-1-3-6-17/h9-11,20H,1-8,12-13H2. The van der Waals surface area contributed by atoms with Crippen LogP contribution in [-0.4, -0.2) is 30.1 Å². The highest BCUT2D eigenvalue weighted by Crippen LogP contribution is 2.30. The summed E-state index contributed by atoms with van der Waals surface area (Å²) < 4.78 is 26.7. The quantitative estimate of drug-likeness (QED) is 0.898. The van der Waals surface area contributed by atoms with Crippen molar-refractivity contribution in [3.05, 3.63) is 35.4 Å². The van der Waals surface area contributed by atoms with Crippen molar-refractivity contribution in [1.29, 1.82) is 0 Å². The van der Waals surface area contributed by atoms with Gasteiger partial charge in [0.2, 0.25) is 0 Å². The van der Waals surface area contributed by atoms with Gasteiger partial charge in [-0.05, 0) is 50.0 Å². The number of halogens is 2. The molecule has 2 aliphatic rings.